The van der Waals surface area contributed by atoms with E-state index in [0.717, 1.165) is 28.1 Å². The van der Waals surface area contributed by atoms with E-state index in [1.807, 2.05) is 20.8 Å². The van der Waals surface area contributed by atoms with Crippen molar-refractivity contribution in [3.63, 3.8) is 0 Å². The van der Waals surface area contributed by atoms with Crippen molar-refractivity contribution in [3.8, 4) is 0 Å². The van der Waals surface area contributed by atoms with Crippen LogP contribution in [0.4, 0.5) is 5.88 Å². The number of nitrogen functional groups attached to an aromatic ring is 1. The molecule has 0 radical (unpaired) electrons. The summed E-state index contributed by atoms with van der Waals surface area (Å²) in [6.07, 6.45) is 0. The minimum atomic E-state index is 0.451. The molecule has 0 spiro atoms. The molecule has 0 saturated carbocycles. The fourth-order valence-corrected chi connectivity index (χ4v) is 1.27. The minimum absolute atomic E-state index is 0.451. The highest BCUT2D eigenvalue weighted by molar-refractivity contribution is 5.83. The average molecular weight is 165 g/mol. The fraction of sp³-hybridized carbons (Fsp3) is 0.333. The lowest BCUT2D eigenvalue weighted by Crippen LogP contribution is -1.82. The molecule has 0 amide bonds. The second-order valence-corrected chi connectivity index (χ2v) is 3.03. The molecule has 3 heteroatoms. The third-order valence-corrected chi connectivity index (χ3v) is 2.25. The monoisotopic (exact) mass is 165 g/mol. The van der Waals surface area contributed by atoms with Crippen molar-refractivity contribution in [2.75, 3.05) is 5.73 Å². The van der Waals surface area contributed by atoms with E-state index >= 15 is 0 Å². The number of hydrogen-bond donors (Lipinski definition) is 1. The second kappa shape index (κ2) is 2.06. The van der Waals surface area contributed by atoms with Crippen LogP contribution in [0.1, 0.15) is 16.9 Å². The van der Waals surface area contributed by atoms with Gasteiger partial charge in [0.15, 0.2) is 17.1 Å². The molecule has 2 N–H and O–H groups in total. The highest BCUT2D eigenvalue weighted by Gasteiger charge is 2.15. The molecule has 0 aromatic carbocycles. The number of furan rings is 2. The average Bonchev–Trinajstić information content (AvgIpc) is 2.43. The number of hydrogen-bond acceptors (Lipinski definition) is 3. The molecular weight excluding hydrogens is 154 g/mol. The molecule has 3 nitrogen and oxygen atoms in total. The van der Waals surface area contributed by atoms with Gasteiger partial charge in [0.25, 0.3) is 0 Å². The van der Waals surface area contributed by atoms with Gasteiger partial charge in [-0.2, -0.15) is 0 Å². The highest BCUT2D eigenvalue weighted by atomic mass is 16.4. The van der Waals surface area contributed by atoms with Crippen LogP contribution in [-0.2, 0) is 0 Å². The van der Waals surface area contributed by atoms with E-state index in [4.69, 9.17) is 14.6 Å². The maximum atomic E-state index is 5.59. The Morgan fingerprint density at radius 3 is 2.08 bits per heavy atom. The smallest absolute Gasteiger partial charge is 0.197 e. The van der Waals surface area contributed by atoms with Gasteiger partial charge in [-0.05, 0) is 20.8 Å². The van der Waals surface area contributed by atoms with Gasteiger partial charge in [-0.25, -0.2) is 0 Å². The first kappa shape index (κ1) is 7.28. The van der Waals surface area contributed by atoms with Crippen LogP contribution >= 0.6 is 0 Å². The Kier molecular flexibility index (Phi) is 1.25. The first-order valence-electron chi connectivity index (χ1n) is 3.86. The Balaban J connectivity index is 2.93. The standard InChI is InChI=1S/C9H11NO2/c1-4-6(3)11-8-5(2)9(10)12-7(4)8/h10H2,1-3H3. The molecular formula is C9H11NO2. The molecule has 0 aliphatic rings. The van der Waals surface area contributed by atoms with Crippen LogP contribution in [-0.4, -0.2) is 0 Å². The zero-order valence-corrected chi connectivity index (χ0v) is 7.39. The summed E-state index contributed by atoms with van der Waals surface area (Å²) in [4.78, 5) is 0. The summed E-state index contributed by atoms with van der Waals surface area (Å²) in [7, 11) is 0. The predicted octanol–water partition coefficient (Wildman–Crippen LogP) is 2.53. The number of rotatable bonds is 0. The number of aryl methyl sites for hydroxylation is 3. The van der Waals surface area contributed by atoms with Crippen molar-refractivity contribution in [3.05, 3.63) is 16.9 Å². The zero-order valence-electron chi connectivity index (χ0n) is 7.39. The van der Waals surface area contributed by atoms with Crippen molar-refractivity contribution < 1.29 is 8.83 Å². The molecule has 2 aromatic heterocycles. The van der Waals surface area contributed by atoms with Gasteiger partial charge in [-0.15, -0.1) is 0 Å². The highest BCUT2D eigenvalue weighted by Crippen LogP contribution is 2.32. The van der Waals surface area contributed by atoms with Gasteiger partial charge in [-0.3, -0.25) is 0 Å². The van der Waals surface area contributed by atoms with Crippen LogP contribution in [0.25, 0.3) is 11.2 Å². The molecule has 64 valence electrons. The summed E-state index contributed by atoms with van der Waals surface area (Å²) in [5.74, 6) is 1.35. The third-order valence-electron chi connectivity index (χ3n) is 2.25. The van der Waals surface area contributed by atoms with Gasteiger partial charge in [-0.1, -0.05) is 0 Å². The van der Waals surface area contributed by atoms with Crippen LogP contribution in [0.2, 0.25) is 0 Å². The summed E-state index contributed by atoms with van der Waals surface area (Å²) in [5, 5.41) is 0. The van der Waals surface area contributed by atoms with Crippen LogP contribution in [0.5, 0.6) is 0 Å². The molecule has 0 aliphatic carbocycles. The number of nitrogens with two attached hydrogens (primary N) is 1. The van der Waals surface area contributed by atoms with Crippen molar-refractivity contribution in [1.29, 1.82) is 0 Å². The van der Waals surface area contributed by atoms with E-state index in [-0.39, 0.29) is 0 Å². The minimum Gasteiger partial charge on any atom is -0.457 e. The lowest BCUT2D eigenvalue weighted by atomic mass is 10.2. The summed E-state index contributed by atoms with van der Waals surface area (Å²) >= 11 is 0. The first-order chi connectivity index (χ1) is 5.61. The van der Waals surface area contributed by atoms with Gasteiger partial charge in [0.05, 0.1) is 5.56 Å². The maximum Gasteiger partial charge on any atom is 0.197 e. The Labute approximate surface area is 70.1 Å². The molecule has 2 heterocycles. The summed E-state index contributed by atoms with van der Waals surface area (Å²) < 4.78 is 10.8. The molecule has 0 unspecified atom stereocenters. The first-order valence-corrected chi connectivity index (χ1v) is 3.86. The van der Waals surface area contributed by atoms with Crippen LogP contribution in [0.3, 0.4) is 0 Å². The van der Waals surface area contributed by atoms with E-state index in [1.54, 1.807) is 0 Å². The van der Waals surface area contributed by atoms with Gasteiger partial charge in [0.2, 0.25) is 0 Å². The SMILES string of the molecule is Cc1oc2c(C)c(N)oc2c1C. The van der Waals surface area contributed by atoms with Gasteiger partial charge in [0, 0.05) is 5.56 Å². The van der Waals surface area contributed by atoms with E-state index in [1.165, 1.54) is 0 Å². The van der Waals surface area contributed by atoms with Crippen molar-refractivity contribution in [2.45, 2.75) is 20.8 Å². The lowest BCUT2D eigenvalue weighted by molar-refractivity contribution is 0.573. The molecule has 2 rings (SSSR count). The molecule has 2 aromatic rings. The van der Waals surface area contributed by atoms with Crippen LogP contribution in [0, 0.1) is 20.8 Å². The summed E-state index contributed by atoms with van der Waals surface area (Å²) in [6.45, 7) is 5.77. The van der Waals surface area contributed by atoms with E-state index in [9.17, 15) is 0 Å². The van der Waals surface area contributed by atoms with Crippen molar-refractivity contribution >= 4 is 17.1 Å². The van der Waals surface area contributed by atoms with E-state index in [2.05, 4.69) is 0 Å². The Bertz CT molecular complexity index is 395. The number of anilines is 1. The van der Waals surface area contributed by atoms with Crippen LogP contribution in [0.15, 0.2) is 8.83 Å². The molecule has 12 heavy (non-hydrogen) atoms. The van der Waals surface area contributed by atoms with E-state index in [0.29, 0.717) is 5.88 Å². The van der Waals surface area contributed by atoms with Crippen LogP contribution < -0.4 is 5.73 Å². The van der Waals surface area contributed by atoms with Crippen molar-refractivity contribution in [1.82, 2.24) is 0 Å². The van der Waals surface area contributed by atoms with Gasteiger partial charge < -0.3 is 14.6 Å². The maximum absolute atomic E-state index is 5.59. The quantitative estimate of drug-likeness (QED) is 0.652. The normalized spacial score (nSPS) is 11.2. The van der Waals surface area contributed by atoms with Gasteiger partial charge in [0.1, 0.15) is 5.76 Å². The molecule has 0 atom stereocenters. The molecule has 0 bridgehead atoms. The Morgan fingerprint density at radius 1 is 0.917 bits per heavy atom. The predicted molar refractivity (Wildman–Crippen MR) is 47.1 cm³/mol. The second-order valence-electron chi connectivity index (χ2n) is 3.03. The third kappa shape index (κ3) is 0.706. The Morgan fingerprint density at radius 2 is 1.50 bits per heavy atom. The topological polar surface area (TPSA) is 52.3 Å². The number of fused-ring (bicyclic) bond motifs is 1. The summed E-state index contributed by atoms with van der Waals surface area (Å²) in [5.41, 5.74) is 9.07. The van der Waals surface area contributed by atoms with Gasteiger partial charge >= 0.3 is 0 Å². The van der Waals surface area contributed by atoms with Crippen molar-refractivity contribution in [2.24, 2.45) is 0 Å². The molecule has 0 aliphatic heterocycles. The molecule has 0 fully saturated rings. The lowest BCUT2D eigenvalue weighted by Gasteiger charge is -1.87. The largest absolute Gasteiger partial charge is 0.457 e. The zero-order chi connectivity index (χ0) is 8.88. The Hall–Kier alpha value is -1.38. The summed E-state index contributed by atoms with van der Waals surface area (Å²) in [6, 6.07) is 0. The fourth-order valence-electron chi connectivity index (χ4n) is 1.27. The van der Waals surface area contributed by atoms with E-state index < -0.39 is 0 Å². The molecule has 0 saturated heterocycles.